The second kappa shape index (κ2) is 11.2. The Balaban J connectivity index is 1.51. The zero-order valence-electron chi connectivity index (χ0n) is 21.4. The predicted octanol–water partition coefficient (Wildman–Crippen LogP) is 4.06. The predicted molar refractivity (Wildman–Crippen MR) is 152 cm³/mol. The number of carbonyl (C=O) groups is 1. The molecular weight excluding hydrogens is 542 g/mol. The SMILES string of the molecule is COc1ccc(OC)c(N(CC(=O)Nc2ccc(S(=O)(=O)Nc3cccc4ccccc34)cc2)S(C)(=O)=O)c1. The summed E-state index contributed by atoms with van der Waals surface area (Å²) in [6.45, 7) is -0.551. The van der Waals surface area contributed by atoms with E-state index in [1.54, 1.807) is 18.2 Å². The Labute approximate surface area is 227 Å². The summed E-state index contributed by atoms with van der Waals surface area (Å²) in [5.41, 5.74) is 0.866. The molecule has 0 heterocycles. The number of methoxy groups -OCH3 is 2. The zero-order valence-corrected chi connectivity index (χ0v) is 23.0. The van der Waals surface area contributed by atoms with E-state index in [1.807, 2.05) is 30.3 Å². The van der Waals surface area contributed by atoms with Crippen molar-refractivity contribution in [2.75, 3.05) is 41.4 Å². The number of benzene rings is 4. The molecule has 4 aromatic rings. The molecule has 0 saturated carbocycles. The Morgan fingerprint density at radius 3 is 2.21 bits per heavy atom. The Bertz CT molecular complexity index is 1720. The molecule has 0 atom stereocenters. The summed E-state index contributed by atoms with van der Waals surface area (Å²) in [7, 11) is -4.98. The van der Waals surface area contributed by atoms with E-state index in [-0.39, 0.29) is 22.0 Å². The summed E-state index contributed by atoms with van der Waals surface area (Å²) < 4.78 is 65.1. The number of sulfonamides is 2. The first-order chi connectivity index (χ1) is 18.5. The molecule has 0 bridgehead atoms. The molecule has 0 fully saturated rings. The summed E-state index contributed by atoms with van der Waals surface area (Å²) in [6, 6.07) is 22.9. The van der Waals surface area contributed by atoms with Crippen molar-refractivity contribution in [2.24, 2.45) is 0 Å². The summed E-state index contributed by atoms with van der Waals surface area (Å²) in [4.78, 5) is 12.8. The van der Waals surface area contributed by atoms with E-state index in [1.165, 1.54) is 50.6 Å². The number of ether oxygens (including phenoxy) is 2. The topological polar surface area (TPSA) is 131 Å². The maximum atomic E-state index is 13.0. The fourth-order valence-electron chi connectivity index (χ4n) is 3.94. The molecule has 0 aromatic heterocycles. The van der Waals surface area contributed by atoms with Crippen LogP contribution >= 0.6 is 0 Å². The van der Waals surface area contributed by atoms with Crippen LogP contribution in [0.1, 0.15) is 0 Å². The average Bonchev–Trinajstić information content (AvgIpc) is 2.91. The van der Waals surface area contributed by atoms with E-state index in [4.69, 9.17) is 9.47 Å². The van der Waals surface area contributed by atoms with Crippen molar-refractivity contribution in [1.82, 2.24) is 0 Å². The van der Waals surface area contributed by atoms with Crippen molar-refractivity contribution in [3.63, 3.8) is 0 Å². The van der Waals surface area contributed by atoms with Crippen molar-refractivity contribution < 1.29 is 31.1 Å². The van der Waals surface area contributed by atoms with Gasteiger partial charge in [-0.2, -0.15) is 0 Å². The molecule has 4 aromatic carbocycles. The van der Waals surface area contributed by atoms with Crippen LogP contribution < -0.4 is 23.8 Å². The highest BCUT2D eigenvalue weighted by Crippen LogP contribution is 2.34. The number of anilines is 3. The summed E-state index contributed by atoms with van der Waals surface area (Å²) >= 11 is 0. The standard InChI is InChI=1S/C27H27N3O7S2/c1-36-21-13-16-26(37-2)25(17-21)30(38(3,32)33)18-27(31)28-20-11-14-22(15-12-20)39(34,35)29-24-10-6-8-19-7-4-5-9-23(19)24/h4-17,29H,18H2,1-3H3,(H,28,31). The van der Waals surface area contributed by atoms with Gasteiger partial charge in [-0.05, 0) is 47.9 Å². The van der Waals surface area contributed by atoms with Crippen molar-refractivity contribution in [3.05, 3.63) is 84.9 Å². The number of rotatable bonds is 10. The maximum Gasteiger partial charge on any atom is 0.261 e. The molecule has 0 aliphatic heterocycles. The van der Waals surface area contributed by atoms with E-state index in [0.717, 1.165) is 21.3 Å². The highest BCUT2D eigenvalue weighted by Gasteiger charge is 2.25. The van der Waals surface area contributed by atoms with Crippen LogP contribution in [0.4, 0.5) is 17.1 Å². The molecule has 0 spiro atoms. The molecule has 0 aliphatic carbocycles. The first-order valence-electron chi connectivity index (χ1n) is 11.6. The summed E-state index contributed by atoms with van der Waals surface area (Å²) in [6.07, 6.45) is 0.974. The van der Waals surface area contributed by atoms with Gasteiger partial charge < -0.3 is 14.8 Å². The van der Waals surface area contributed by atoms with Crippen molar-refractivity contribution >= 4 is 53.8 Å². The van der Waals surface area contributed by atoms with E-state index < -0.39 is 32.5 Å². The second-order valence-corrected chi connectivity index (χ2v) is 12.1. The highest BCUT2D eigenvalue weighted by molar-refractivity contribution is 7.92. The first kappa shape index (κ1) is 27.7. The Morgan fingerprint density at radius 1 is 0.846 bits per heavy atom. The average molecular weight is 570 g/mol. The number of amides is 1. The largest absolute Gasteiger partial charge is 0.497 e. The van der Waals surface area contributed by atoms with Crippen LogP contribution in [0.3, 0.4) is 0 Å². The third-order valence-electron chi connectivity index (χ3n) is 5.82. The molecule has 39 heavy (non-hydrogen) atoms. The van der Waals surface area contributed by atoms with Crippen LogP contribution in [0, 0.1) is 0 Å². The minimum absolute atomic E-state index is 0.00712. The maximum absolute atomic E-state index is 13.0. The lowest BCUT2D eigenvalue weighted by molar-refractivity contribution is -0.114. The number of hydrogen-bond acceptors (Lipinski definition) is 7. The Kier molecular flexibility index (Phi) is 7.98. The van der Waals surface area contributed by atoms with E-state index >= 15 is 0 Å². The summed E-state index contributed by atoms with van der Waals surface area (Å²) in [5, 5.41) is 4.25. The summed E-state index contributed by atoms with van der Waals surface area (Å²) in [5.74, 6) is -0.0224. The van der Waals surface area contributed by atoms with E-state index in [2.05, 4.69) is 10.0 Å². The molecule has 10 nitrogen and oxygen atoms in total. The second-order valence-electron chi connectivity index (χ2n) is 8.51. The third-order valence-corrected chi connectivity index (χ3v) is 8.33. The number of carbonyl (C=O) groups excluding carboxylic acids is 1. The number of hydrogen-bond donors (Lipinski definition) is 2. The lowest BCUT2D eigenvalue weighted by atomic mass is 10.1. The van der Waals surface area contributed by atoms with Gasteiger partial charge in [0.15, 0.2) is 0 Å². The first-order valence-corrected chi connectivity index (χ1v) is 15.0. The van der Waals surface area contributed by atoms with Gasteiger partial charge in [0.1, 0.15) is 18.0 Å². The fourth-order valence-corrected chi connectivity index (χ4v) is 5.87. The van der Waals surface area contributed by atoms with Gasteiger partial charge in [-0.3, -0.25) is 13.8 Å². The lowest BCUT2D eigenvalue weighted by Gasteiger charge is -2.24. The Morgan fingerprint density at radius 2 is 1.54 bits per heavy atom. The zero-order chi connectivity index (χ0) is 28.2. The van der Waals surface area contributed by atoms with Crippen LogP contribution in [-0.2, 0) is 24.8 Å². The fraction of sp³-hybridized carbons (Fsp3) is 0.148. The van der Waals surface area contributed by atoms with Crippen LogP contribution in [0.5, 0.6) is 11.5 Å². The smallest absolute Gasteiger partial charge is 0.261 e. The van der Waals surface area contributed by atoms with Gasteiger partial charge in [0.25, 0.3) is 10.0 Å². The molecule has 0 radical (unpaired) electrons. The van der Waals surface area contributed by atoms with E-state index in [9.17, 15) is 21.6 Å². The quantitative estimate of drug-likeness (QED) is 0.294. The minimum Gasteiger partial charge on any atom is -0.497 e. The molecule has 204 valence electrons. The molecule has 0 saturated heterocycles. The molecule has 1 amide bonds. The molecule has 2 N–H and O–H groups in total. The highest BCUT2D eigenvalue weighted by atomic mass is 32.2. The normalized spacial score (nSPS) is 11.6. The van der Waals surface area contributed by atoms with Crippen LogP contribution in [-0.4, -0.2) is 49.8 Å². The van der Waals surface area contributed by atoms with E-state index in [0.29, 0.717) is 11.4 Å². The third kappa shape index (κ3) is 6.41. The van der Waals surface area contributed by atoms with Gasteiger partial charge in [-0.25, -0.2) is 16.8 Å². The van der Waals surface area contributed by atoms with Gasteiger partial charge in [0, 0.05) is 17.1 Å². The van der Waals surface area contributed by atoms with Crippen molar-refractivity contribution in [3.8, 4) is 11.5 Å². The molecule has 4 rings (SSSR count). The molecule has 12 heteroatoms. The molecular formula is C27H27N3O7S2. The number of nitrogens with zero attached hydrogens (tertiary/aromatic N) is 1. The van der Waals surface area contributed by atoms with Crippen LogP contribution in [0.15, 0.2) is 89.8 Å². The van der Waals surface area contributed by atoms with Crippen LogP contribution in [0.2, 0.25) is 0 Å². The number of nitrogens with one attached hydrogen (secondary N) is 2. The lowest BCUT2D eigenvalue weighted by Crippen LogP contribution is -2.37. The van der Waals surface area contributed by atoms with Crippen LogP contribution in [0.25, 0.3) is 10.8 Å². The monoisotopic (exact) mass is 569 g/mol. The molecule has 0 unspecified atom stereocenters. The molecule has 0 aliphatic rings. The van der Waals surface area contributed by atoms with Crippen molar-refractivity contribution in [1.29, 1.82) is 0 Å². The van der Waals surface area contributed by atoms with Gasteiger partial charge in [-0.1, -0.05) is 36.4 Å². The van der Waals surface area contributed by atoms with Gasteiger partial charge in [0.05, 0.1) is 36.7 Å². The van der Waals surface area contributed by atoms with Gasteiger partial charge in [-0.15, -0.1) is 0 Å². The van der Waals surface area contributed by atoms with Gasteiger partial charge >= 0.3 is 0 Å². The number of fused-ring (bicyclic) bond motifs is 1. The minimum atomic E-state index is -3.91. The Hall–Kier alpha value is -4.29. The van der Waals surface area contributed by atoms with Crippen molar-refractivity contribution in [2.45, 2.75) is 4.90 Å². The van der Waals surface area contributed by atoms with Gasteiger partial charge in [0.2, 0.25) is 15.9 Å².